The highest BCUT2D eigenvalue weighted by atomic mass is 32.2. The van der Waals surface area contributed by atoms with Crippen LogP contribution in [0.2, 0.25) is 0 Å². The lowest BCUT2D eigenvalue weighted by Gasteiger charge is -2.44. The monoisotopic (exact) mass is 394 g/mol. The molecule has 2 heterocycles. The largest absolute Gasteiger partial charge is 0.370 e. The van der Waals surface area contributed by atoms with E-state index < -0.39 is 0 Å². The molecule has 146 valence electrons. The van der Waals surface area contributed by atoms with Gasteiger partial charge in [0.05, 0.1) is 29.0 Å². The zero-order chi connectivity index (χ0) is 19.6. The third-order valence-corrected chi connectivity index (χ3v) is 6.44. The molecule has 0 unspecified atom stereocenters. The van der Waals surface area contributed by atoms with Crippen molar-refractivity contribution in [1.29, 1.82) is 0 Å². The molecule has 1 amide bonds. The number of aliphatic imine (C=N–C) groups is 1. The second-order valence-electron chi connectivity index (χ2n) is 7.41. The molecule has 4 rings (SSSR count). The van der Waals surface area contributed by atoms with Crippen molar-refractivity contribution in [3.05, 3.63) is 59.2 Å². The van der Waals surface area contributed by atoms with Gasteiger partial charge in [0, 0.05) is 7.05 Å². The lowest BCUT2D eigenvalue weighted by molar-refractivity contribution is 0.0964. The van der Waals surface area contributed by atoms with Gasteiger partial charge in [-0.25, -0.2) is 0 Å². The topological polar surface area (TPSA) is 65.5 Å². The number of carbonyl (C=O) groups is 1. The number of hydrogen-bond donors (Lipinski definition) is 3. The van der Waals surface area contributed by atoms with Gasteiger partial charge >= 0.3 is 0 Å². The summed E-state index contributed by atoms with van der Waals surface area (Å²) in [7, 11) is 1.67. The van der Waals surface area contributed by atoms with E-state index >= 15 is 0 Å². The summed E-state index contributed by atoms with van der Waals surface area (Å²) >= 11 is 1.98. The van der Waals surface area contributed by atoms with E-state index in [-0.39, 0.29) is 11.4 Å². The van der Waals surface area contributed by atoms with Crippen molar-refractivity contribution in [2.24, 2.45) is 4.99 Å². The summed E-state index contributed by atoms with van der Waals surface area (Å²) in [5.74, 6) is 3.06. The van der Waals surface area contributed by atoms with E-state index in [0.29, 0.717) is 12.1 Å². The molecule has 0 aliphatic carbocycles. The first-order valence-electron chi connectivity index (χ1n) is 9.70. The zero-order valence-electron chi connectivity index (χ0n) is 16.3. The van der Waals surface area contributed by atoms with Crippen molar-refractivity contribution < 1.29 is 4.79 Å². The normalized spacial score (nSPS) is 18.9. The molecule has 2 aliphatic heterocycles. The average molecular weight is 395 g/mol. The Morgan fingerprint density at radius 1 is 1.21 bits per heavy atom. The number of benzene rings is 2. The number of nitrogens with one attached hydrogen (secondary N) is 3. The predicted molar refractivity (Wildman–Crippen MR) is 119 cm³/mol. The summed E-state index contributed by atoms with van der Waals surface area (Å²) in [5, 5.41) is 10.0. The minimum Gasteiger partial charge on any atom is -0.370 e. The van der Waals surface area contributed by atoms with E-state index in [1.807, 2.05) is 30.0 Å². The average Bonchev–Trinajstić information content (AvgIpc) is 2.72. The lowest BCUT2D eigenvalue weighted by Crippen LogP contribution is -2.55. The maximum atomic E-state index is 12.4. The van der Waals surface area contributed by atoms with E-state index in [1.54, 1.807) is 7.05 Å². The van der Waals surface area contributed by atoms with Crippen molar-refractivity contribution in [3.63, 3.8) is 0 Å². The smallest absolute Gasteiger partial charge is 0.253 e. The van der Waals surface area contributed by atoms with Gasteiger partial charge in [0.1, 0.15) is 5.84 Å². The SMILES string of the molecule is CNC(=O)c1cccc2c1NC1(CCSCC1)C(=NCc1cccc(C)c1)N2. The number of aryl methyl sites for hydroxylation is 1. The third kappa shape index (κ3) is 3.61. The van der Waals surface area contributed by atoms with Crippen LogP contribution in [0.5, 0.6) is 0 Å². The van der Waals surface area contributed by atoms with E-state index in [0.717, 1.165) is 41.6 Å². The first kappa shape index (κ1) is 18.9. The van der Waals surface area contributed by atoms with Crippen LogP contribution in [0.15, 0.2) is 47.5 Å². The van der Waals surface area contributed by atoms with Gasteiger partial charge in [0.2, 0.25) is 0 Å². The molecule has 1 saturated heterocycles. The minimum absolute atomic E-state index is 0.0772. The Balaban J connectivity index is 1.72. The molecule has 0 bridgehead atoms. The van der Waals surface area contributed by atoms with Crippen LogP contribution in [0.25, 0.3) is 0 Å². The number of rotatable bonds is 3. The quantitative estimate of drug-likeness (QED) is 0.735. The Bertz CT molecular complexity index is 919. The summed E-state index contributed by atoms with van der Waals surface area (Å²) in [6.07, 6.45) is 1.97. The van der Waals surface area contributed by atoms with E-state index in [2.05, 4.69) is 47.1 Å². The molecule has 0 saturated carbocycles. The van der Waals surface area contributed by atoms with Crippen molar-refractivity contribution in [3.8, 4) is 0 Å². The third-order valence-electron chi connectivity index (χ3n) is 5.46. The molecular weight excluding hydrogens is 368 g/mol. The summed E-state index contributed by atoms with van der Waals surface area (Å²) in [6, 6.07) is 14.3. The van der Waals surface area contributed by atoms with Crippen LogP contribution in [0.3, 0.4) is 0 Å². The van der Waals surface area contributed by atoms with Crippen LogP contribution in [-0.4, -0.2) is 35.8 Å². The van der Waals surface area contributed by atoms with Gasteiger partial charge in [-0.2, -0.15) is 11.8 Å². The highest BCUT2D eigenvalue weighted by Gasteiger charge is 2.42. The Morgan fingerprint density at radius 2 is 2.00 bits per heavy atom. The molecule has 6 heteroatoms. The number of carbonyl (C=O) groups excluding carboxylic acids is 1. The van der Waals surface area contributed by atoms with Crippen LogP contribution in [0.1, 0.15) is 34.3 Å². The van der Waals surface area contributed by atoms with Crippen LogP contribution < -0.4 is 16.0 Å². The molecule has 5 nitrogen and oxygen atoms in total. The summed E-state index contributed by atoms with van der Waals surface area (Å²) in [4.78, 5) is 17.4. The zero-order valence-corrected chi connectivity index (χ0v) is 17.2. The van der Waals surface area contributed by atoms with Crippen LogP contribution in [0.4, 0.5) is 11.4 Å². The van der Waals surface area contributed by atoms with Gasteiger partial charge in [-0.05, 0) is 49.0 Å². The van der Waals surface area contributed by atoms with Crippen molar-refractivity contribution >= 4 is 34.9 Å². The predicted octanol–water partition coefficient (Wildman–Crippen LogP) is 4.06. The van der Waals surface area contributed by atoms with Crippen molar-refractivity contribution in [2.75, 3.05) is 29.2 Å². The molecular formula is C22H26N4OS. The van der Waals surface area contributed by atoms with Crippen LogP contribution in [-0.2, 0) is 6.54 Å². The summed E-state index contributed by atoms with van der Waals surface area (Å²) in [6.45, 7) is 2.75. The van der Waals surface area contributed by atoms with E-state index in [1.165, 1.54) is 11.1 Å². The molecule has 1 fully saturated rings. The fraction of sp³-hybridized carbons (Fsp3) is 0.364. The summed E-state index contributed by atoms with van der Waals surface area (Å²) < 4.78 is 0. The van der Waals surface area contributed by atoms with Gasteiger partial charge in [0.15, 0.2) is 0 Å². The number of nitrogens with zero attached hydrogens (tertiary/aromatic N) is 1. The highest BCUT2D eigenvalue weighted by Crippen LogP contribution is 2.40. The maximum Gasteiger partial charge on any atom is 0.253 e. The number of fused-ring (bicyclic) bond motifs is 1. The molecule has 0 radical (unpaired) electrons. The fourth-order valence-electron chi connectivity index (χ4n) is 3.91. The minimum atomic E-state index is -0.244. The van der Waals surface area contributed by atoms with Crippen LogP contribution in [0, 0.1) is 6.92 Å². The van der Waals surface area contributed by atoms with Crippen molar-refractivity contribution in [1.82, 2.24) is 5.32 Å². The molecule has 2 aromatic rings. The molecule has 3 N–H and O–H groups in total. The van der Waals surface area contributed by atoms with E-state index in [4.69, 9.17) is 4.99 Å². The molecule has 0 atom stereocenters. The van der Waals surface area contributed by atoms with E-state index in [9.17, 15) is 4.79 Å². The van der Waals surface area contributed by atoms with Gasteiger partial charge in [-0.15, -0.1) is 0 Å². The first-order chi connectivity index (χ1) is 13.6. The molecule has 28 heavy (non-hydrogen) atoms. The Morgan fingerprint density at radius 3 is 2.75 bits per heavy atom. The molecule has 0 aromatic heterocycles. The Labute approximate surface area is 170 Å². The number of hydrogen-bond acceptors (Lipinski definition) is 4. The van der Waals surface area contributed by atoms with Gasteiger partial charge in [-0.3, -0.25) is 9.79 Å². The molecule has 2 aromatic carbocycles. The van der Waals surface area contributed by atoms with Crippen molar-refractivity contribution in [2.45, 2.75) is 31.8 Å². The number of thioether (sulfide) groups is 1. The highest BCUT2D eigenvalue weighted by molar-refractivity contribution is 7.99. The Kier molecular flexibility index (Phi) is 5.31. The Hall–Kier alpha value is -2.47. The number of para-hydroxylation sites is 1. The summed E-state index contributed by atoms with van der Waals surface area (Å²) in [5.41, 5.74) is 4.67. The van der Waals surface area contributed by atoms with Gasteiger partial charge in [0.25, 0.3) is 5.91 Å². The fourth-order valence-corrected chi connectivity index (χ4v) is 5.10. The second kappa shape index (κ2) is 7.87. The lowest BCUT2D eigenvalue weighted by atomic mass is 9.87. The number of anilines is 2. The maximum absolute atomic E-state index is 12.4. The second-order valence-corrected chi connectivity index (χ2v) is 8.63. The number of amidine groups is 1. The molecule has 1 spiro atoms. The van der Waals surface area contributed by atoms with Crippen LogP contribution >= 0.6 is 11.8 Å². The van der Waals surface area contributed by atoms with Gasteiger partial charge in [-0.1, -0.05) is 35.9 Å². The standard InChI is InChI=1S/C22H26N4OS/c1-15-5-3-6-16(13-15)14-24-21-22(9-11-28-12-10-22)26-19-17(20(27)23-2)7-4-8-18(19)25-21/h3-8,13,26H,9-12,14H2,1-2H3,(H,23,27)(H,24,25). The van der Waals surface area contributed by atoms with Gasteiger partial charge < -0.3 is 16.0 Å². The first-order valence-corrected chi connectivity index (χ1v) is 10.9. The number of amides is 1. The molecule has 2 aliphatic rings.